The topological polar surface area (TPSA) is 29.9 Å². The molecule has 3 rings (SSSR count). The monoisotopic (exact) mass is 276 g/mol. The number of fused-ring (bicyclic) bond motifs is 1. The van der Waals surface area contributed by atoms with Crippen LogP contribution in [0.5, 0.6) is 5.75 Å². The quantitative estimate of drug-likeness (QED) is 0.844. The molecule has 1 aromatic heterocycles. The molecule has 1 aliphatic rings. The molecule has 102 valence electrons. The summed E-state index contributed by atoms with van der Waals surface area (Å²) in [7, 11) is 1.70. The Morgan fingerprint density at radius 1 is 1.42 bits per heavy atom. The summed E-state index contributed by atoms with van der Waals surface area (Å²) in [6.45, 7) is 3.31. The average molecular weight is 276 g/mol. The van der Waals surface area contributed by atoms with Gasteiger partial charge in [-0.05, 0) is 49.0 Å². The molecule has 0 bridgehead atoms. The lowest BCUT2D eigenvalue weighted by atomic mass is 9.67. The molecule has 1 aromatic carbocycles. The number of methoxy groups -OCH3 is 1. The van der Waals surface area contributed by atoms with E-state index in [0.717, 1.165) is 28.1 Å². The summed E-state index contributed by atoms with van der Waals surface area (Å²) < 4.78 is 8.45. The standard InChI is InChI=1S/C15H20N2OS/c1-3-15(8-5-9-15)10-17-11-6-4-7-12(18-2)13(11)16-14(17)19/h4,6-7H,3,5,8-10H2,1-2H3,(H,16,19). The van der Waals surface area contributed by atoms with Crippen molar-refractivity contribution in [3.05, 3.63) is 23.0 Å². The summed E-state index contributed by atoms with van der Waals surface area (Å²) in [5, 5.41) is 0. The fourth-order valence-electron chi connectivity index (χ4n) is 3.12. The summed E-state index contributed by atoms with van der Waals surface area (Å²) in [5.41, 5.74) is 2.63. The molecule has 2 aromatic rings. The average Bonchev–Trinajstić information content (AvgIpc) is 2.69. The molecule has 4 heteroatoms. The van der Waals surface area contributed by atoms with Gasteiger partial charge in [-0.2, -0.15) is 0 Å². The highest BCUT2D eigenvalue weighted by atomic mass is 32.1. The van der Waals surface area contributed by atoms with E-state index in [2.05, 4.69) is 22.5 Å². The van der Waals surface area contributed by atoms with Crippen LogP contribution in [0.4, 0.5) is 0 Å². The summed E-state index contributed by atoms with van der Waals surface area (Å²) in [6.07, 6.45) is 5.22. The van der Waals surface area contributed by atoms with Crippen molar-refractivity contribution in [2.75, 3.05) is 7.11 Å². The molecule has 1 N–H and O–H groups in total. The van der Waals surface area contributed by atoms with Crippen LogP contribution in [-0.4, -0.2) is 16.7 Å². The molecule has 0 atom stereocenters. The van der Waals surface area contributed by atoms with E-state index < -0.39 is 0 Å². The number of para-hydroxylation sites is 1. The van der Waals surface area contributed by atoms with Crippen LogP contribution in [-0.2, 0) is 6.54 Å². The van der Waals surface area contributed by atoms with Gasteiger partial charge in [0, 0.05) is 6.54 Å². The Hall–Kier alpha value is -1.29. The van der Waals surface area contributed by atoms with Crippen molar-refractivity contribution in [1.29, 1.82) is 0 Å². The third-order valence-corrected chi connectivity index (χ3v) is 4.97. The van der Waals surface area contributed by atoms with Crippen molar-refractivity contribution >= 4 is 23.3 Å². The number of ether oxygens (including phenoxy) is 1. The maximum atomic E-state index is 5.50. The van der Waals surface area contributed by atoms with Crippen molar-refractivity contribution < 1.29 is 4.74 Å². The van der Waals surface area contributed by atoms with Crippen LogP contribution in [0.1, 0.15) is 32.6 Å². The number of H-pyrrole nitrogens is 1. The second kappa shape index (κ2) is 4.67. The van der Waals surface area contributed by atoms with Gasteiger partial charge in [-0.3, -0.25) is 0 Å². The van der Waals surface area contributed by atoms with Crippen LogP contribution >= 0.6 is 12.2 Å². The number of imidazole rings is 1. The predicted molar refractivity (Wildman–Crippen MR) is 80.2 cm³/mol. The minimum absolute atomic E-state index is 0.455. The summed E-state index contributed by atoms with van der Waals surface area (Å²) >= 11 is 5.50. The number of nitrogens with zero attached hydrogens (tertiary/aromatic N) is 1. The van der Waals surface area contributed by atoms with Gasteiger partial charge in [-0.1, -0.05) is 19.4 Å². The minimum Gasteiger partial charge on any atom is -0.494 e. The lowest BCUT2D eigenvalue weighted by molar-refractivity contribution is 0.101. The molecule has 0 saturated heterocycles. The second-order valence-electron chi connectivity index (χ2n) is 5.58. The van der Waals surface area contributed by atoms with Gasteiger partial charge in [0.2, 0.25) is 0 Å². The zero-order valence-corrected chi connectivity index (χ0v) is 12.3. The highest BCUT2D eigenvalue weighted by molar-refractivity contribution is 7.71. The van der Waals surface area contributed by atoms with Gasteiger partial charge in [-0.25, -0.2) is 0 Å². The lowest BCUT2D eigenvalue weighted by Crippen LogP contribution is -2.33. The number of nitrogens with one attached hydrogen (secondary N) is 1. The van der Waals surface area contributed by atoms with Gasteiger partial charge in [0.1, 0.15) is 11.3 Å². The van der Waals surface area contributed by atoms with Crippen molar-refractivity contribution in [2.45, 2.75) is 39.2 Å². The smallest absolute Gasteiger partial charge is 0.178 e. The number of rotatable bonds is 4. The summed E-state index contributed by atoms with van der Waals surface area (Å²) in [6, 6.07) is 6.11. The van der Waals surface area contributed by atoms with E-state index in [0.29, 0.717) is 5.41 Å². The van der Waals surface area contributed by atoms with Gasteiger partial charge in [0.25, 0.3) is 0 Å². The molecular weight excluding hydrogens is 256 g/mol. The molecule has 1 heterocycles. The first-order chi connectivity index (χ1) is 9.19. The Bertz CT molecular complexity index is 646. The van der Waals surface area contributed by atoms with E-state index >= 15 is 0 Å². The molecular formula is C15H20N2OS. The van der Waals surface area contributed by atoms with Crippen LogP contribution in [0.2, 0.25) is 0 Å². The van der Waals surface area contributed by atoms with Crippen LogP contribution in [0.25, 0.3) is 11.0 Å². The normalized spacial score (nSPS) is 17.4. The molecule has 0 unspecified atom stereocenters. The van der Waals surface area contributed by atoms with Crippen molar-refractivity contribution in [2.24, 2.45) is 5.41 Å². The first-order valence-electron chi connectivity index (χ1n) is 6.95. The Morgan fingerprint density at radius 2 is 2.21 bits per heavy atom. The van der Waals surface area contributed by atoms with Gasteiger partial charge in [0.15, 0.2) is 4.77 Å². The zero-order valence-electron chi connectivity index (χ0n) is 11.5. The SMILES string of the molecule is CCC1(Cn2c(=S)[nH]c3c(OC)cccc32)CCC1. The highest BCUT2D eigenvalue weighted by Crippen LogP contribution is 2.45. The zero-order chi connectivity index (χ0) is 13.5. The molecule has 19 heavy (non-hydrogen) atoms. The van der Waals surface area contributed by atoms with Crippen LogP contribution < -0.4 is 4.74 Å². The van der Waals surface area contributed by atoms with Crippen molar-refractivity contribution in [3.8, 4) is 5.75 Å². The Balaban J connectivity index is 2.08. The Labute approximate surface area is 118 Å². The molecule has 3 nitrogen and oxygen atoms in total. The molecule has 1 aliphatic carbocycles. The van der Waals surface area contributed by atoms with Crippen molar-refractivity contribution in [1.82, 2.24) is 9.55 Å². The van der Waals surface area contributed by atoms with Gasteiger partial charge in [-0.15, -0.1) is 0 Å². The number of benzene rings is 1. The predicted octanol–water partition coefficient (Wildman–Crippen LogP) is 4.29. The number of aromatic amines is 1. The van der Waals surface area contributed by atoms with E-state index in [1.54, 1.807) is 7.11 Å². The largest absolute Gasteiger partial charge is 0.494 e. The summed E-state index contributed by atoms with van der Waals surface area (Å²) in [5.74, 6) is 0.863. The molecule has 0 spiro atoms. The molecule has 0 radical (unpaired) electrons. The Kier molecular flexibility index (Phi) is 3.13. The van der Waals surface area contributed by atoms with Gasteiger partial charge < -0.3 is 14.3 Å². The van der Waals surface area contributed by atoms with Crippen LogP contribution in [0.3, 0.4) is 0 Å². The summed E-state index contributed by atoms with van der Waals surface area (Å²) in [4.78, 5) is 3.29. The first-order valence-corrected chi connectivity index (χ1v) is 7.35. The number of hydrogen-bond donors (Lipinski definition) is 1. The maximum absolute atomic E-state index is 5.50. The molecule has 0 aliphatic heterocycles. The van der Waals surface area contributed by atoms with Crippen LogP contribution in [0.15, 0.2) is 18.2 Å². The number of hydrogen-bond acceptors (Lipinski definition) is 2. The molecule has 0 amide bonds. The first kappa shape index (κ1) is 12.7. The molecule has 1 saturated carbocycles. The molecule has 1 fully saturated rings. The van der Waals surface area contributed by atoms with E-state index in [1.165, 1.54) is 25.7 Å². The van der Waals surface area contributed by atoms with Crippen LogP contribution in [0, 0.1) is 10.2 Å². The van der Waals surface area contributed by atoms with E-state index in [1.807, 2.05) is 12.1 Å². The van der Waals surface area contributed by atoms with E-state index in [9.17, 15) is 0 Å². The van der Waals surface area contributed by atoms with E-state index in [4.69, 9.17) is 17.0 Å². The Morgan fingerprint density at radius 3 is 2.79 bits per heavy atom. The number of aromatic nitrogens is 2. The third kappa shape index (κ3) is 1.98. The maximum Gasteiger partial charge on any atom is 0.178 e. The second-order valence-corrected chi connectivity index (χ2v) is 5.96. The fraction of sp³-hybridized carbons (Fsp3) is 0.533. The van der Waals surface area contributed by atoms with E-state index in [-0.39, 0.29) is 0 Å². The minimum atomic E-state index is 0.455. The third-order valence-electron chi connectivity index (χ3n) is 4.65. The van der Waals surface area contributed by atoms with Gasteiger partial charge in [0.05, 0.1) is 12.6 Å². The van der Waals surface area contributed by atoms with Gasteiger partial charge >= 0.3 is 0 Å². The fourth-order valence-corrected chi connectivity index (χ4v) is 3.38. The van der Waals surface area contributed by atoms with Crippen molar-refractivity contribution in [3.63, 3.8) is 0 Å². The lowest BCUT2D eigenvalue weighted by Gasteiger charge is -2.41. The highest BCUT2D eigenvalue weighted by Gasteiger charge is 2.35.